The number of hydrogen-bond donors (Lipinski definition) is 1. The molecule has 2 N–H and O–H groups in total. The quantitative estimate of drug-likeness (QED) is 0.194. The van der Waals surface area contributed by atoms with Crippen molar-refractivity contribution in [3.05, 3.63) is 46.1 Å². The maximum Gasteiger partial charge on any atom is 0.302 e. The number of nitrogens with two attached hydrogens (primary N) is 1. The van der Waals surface area contributed by atoms with E-state index >= 15 is 0 Å². The number of nitrogens with zero attached hydrogens (tertiary/aromatic N) is 1. The normalized spacial score (nSPS) is 33.7. The van der Waals surface area contributed by atoms with E-state index in [1.165, 1.54) is 12.5 Å². The van der Waals surface area contributed by atoms with Crippen molar-refractivity contribution < 1.29 is 28.5 Å². The molecule has 8 heteroatoms. The SMILES string of the molecule is COc1cc(/C=C2\CC3C4CC=C5C[C@@H](OC(C)=O)CC[C@]5(C)C4CC[C@]3(C)\C2=C(/C#N)C(N)=O)cc(OC)c1OC. The molecular formula is C34H42N2O6. The molecule has 1 amide bonds. The number of primary amides is 1. The number of rotatable bonds is 6. The highest BCUT2D eigenvalue weighted by atomic mass is 16.5. The molecule has 0 saturated heterocycles. The van der Waals surface area contributed by atoms with E-state index in [4.69, 9.17) is 24.7 Å². The molecule has 42 heavy (non-hydrogen) atoms. The fraction of sp³-hybridized carbons (Fsp3) is 0.559. The summed E-state index contributed by atoms with van der Waals surface area (Å²) in [6.07, 6.45) is 10.6. The van der Waals surface area contributed by atoms with Crippen LogP contribution in [0, 0.1) is 39.9 Å². The summed E-state index contributed by atoms with van der Waals surface area (Å²) < 4.78 is 22.3. The van der Waals surface area contributed by atoms with Crippen molar-refractivity contribution in [3.63, 3.8) is 0 Å². The highest BCUT2D eigenvalue weighted by Crippen LogP contribution is 2.67. The molecule has 0 aromatic heterocycles. The van der Waals surface area contributed by atoms with Crippen LogP contribution < -0.4 is 19.9 Å². The second-order valence-electron chi connectivity index (χ2n) is 12.7. The van der Waals surface area contributed by atoms with Gasteiger partial charge in [-0.2, -0.15) is 5.26 Å². The third kappa shape index (κ3) is 4.77. The third-order valence-corrected chi connectivity index (χ3v) is 10.7. The Morgan fingerprint density at radius 2 is 1.67 bits per heavy atom. The van der Waals surface area contributed by atoms with Gasteiger partial charge in [0.05, 0.1) is 21.3 Å². The van der Waals surface area contributed by atoms with E-state index in [1.807, 2.05) is 12.1 Å². The molecule has 3 unspecified atom stereocenters. The van der Waals surface area contributed by atoms with E-state index in [2.05, 4.69) is 32.1 Å². The van der Waals surface area contributed by atoms with Gasteiger partial charge in [0.2, 0.25) is 5.75 Å². The van der Waals surface area contributed by atoms with Crippen LogP contribution in [0.4, 0.5) is 0 Å². The highest BCUT2D eigenvalue weighted by Gasteiger charge is 2.59. The number of allylic oxidation sites excluding steroid dienone is 3. The van der Waals surface area contributed by atoms with Crippen LogP contribution in [0.1, 0.15) is 71.3 Å². The van der Waals surface area contributed by atoms with Crippen molar-refractivity contribution in [2.75, 3.05) is 21.3 Å². The number of fused-ring (bicyclic) bond motifs is 5. The Kier molecular flexibility index (Phi) is 7.91. The Hall–Kier alpha value is -3.73. The lowest BCUT2D eigenvalue weighted by Crippen LogP contribution is -2.50. The number of carbonyl (C=O) groups excluding carboxylic acids is 2. The smallest absolute Gasteiger partial charge is 0.302 e. The van der Waals surface area contributed by atoms with Crippen molar-refractivity contribution in [1.82, 2.24) is 0 Å². The van der Waals surface area contributed by atoms with E-state index < -0.39 is 5.91 Å². The zero-order chi connectivity index (χ0) is 30.4. The van der Waals surface area contributed by atoms with Crippen molar-refractivity contribution in [2.45, 2.75) is 71.8 Å². The van der Waals surface area contributed by atoms with Gasteiger partial charge in [0.15, 0.2) is 11.5 Å². The second kappa shape index (κ2) is 11.2. The van der Waals surface area contributed by atoms with Crippen molar-refractivity contribution in [1.29, 1.82) is 5.26 Å². The number of carbonyl (C=O) groups is 2. The minimum atomic E-state index is -0.686. The molecule has 4 aliphatic carbocycles. The van der Waals surface area contributed by atoms with E-state index in [0.29, 0.717) is 29.1 Å². The van der Waals surface area contributed by atoms with Gasteiger partial charge < -0.3 is 24.7 Å². The molecule has 3 saturated carbocycles. The third-order valence-electron chi connectivity index (χ3n) is 10.7. The fourth-order valence-corrected chi connectivity index (χ4v) is 8.87. The molecule has 0 aliphatic heterocycles. The lowest BCUT2D eigenvalue weighted by atomic mass is 9.47. The van der Waals surface area contributed by atoms with Crippen LogP contribution in [-0.4, -0.2) is 39.3 Å². The topological polar surface area (TPSA) is 121 Å². The molecule has 4 aliphatic rings. The Morgan fingerprint density at radius 3 is 2.24 bits per heavy atom. The zero-order valence-electron chi connectivity index (χ0n) is 25.5. The van der Waals surface area contributed by atoms with E-state index in [-0.39, 0.29) is 34.4 Å². The average Bonchev–Trinajstić information content (AvgIpc) is 3.24. The standard InChI is InChI=1S/C34H42N2O6/c1-19(37)42-23-9-11-33(2)22(17-23)7-8-24-26(33)10-12-34(3)27(24)16-21(30(34)25(18-35)32(36)38)13-20-14-28(39-4)31(41-6)29(15-20)40-5/h7,13-15,23-24,26-27H,8-12,16-17H2,1-6H3,(H2,36,38)/b21-13+,30-25+/t23-,24?,26?,27?,33-,34-/m0/s1. The van der Waals surface area contributed by atoms with E-state index in [0.717, 1.165) is 61.7 Å². The molecule has 6 atom stereocenters. The summed E-state index contributed by atoms with van der Waals surface area (Å²) in [6, 6.07) is 5.93. The van der Waals surface area contributed by atoms with Crippen LogP contribution in [-0.2, 0) is 14.3 Å². The average molecular weight is 575 g/mol. The molecule has 1 aromatic carbocycles. The molecular weight excluding hydrogens is 532 g/mol. The first kappa shape index (κ1) is 29.8. The van der Waals surface area contributed by atoms with Gasteiger partial charge in [0.1, 0.15) is 17.7 Å². The number of esters is 1. The molecule has 0 bridgehead atoms. The van der Waals surface area contributed by atoms with Crippen LogP contribution in [0.25, 0.3) is 6.08 Å². The lowest BCUT2D eigenvalue weighted by molar-refractivity contribution is -0.148. The van der Waals surface area contributed by atoms with Crippen LogP contribution in [0.2, 0.25) is 0 Å². The Bertz CT molecular complexity index is 1410. The fourth-order valence-electron chi connectivity index (χ4n) is 8.87. The largest absolute Gasteiger partial charge is 0.493 e. The van der Waals surface area contributed by atoms with Crippen molar-refractivity contribution in [3.8, 4) is 23.3 Å². The van der Waals surface area contributed by atoms with E-state index in [9.17, 15) is 14.9 Å². The number of benzene rings is 1. The summed E-state index contributed by atoms with van der Waals surface area (Å²) in [5.74, 6) is 1.81. The van der Waals surface area contributed by atoms with Gasteiger partial charge in [-0.3, -0.25) is 9.59 Å². The lowest BCUT2D eigenvalue weighted by Gasteiger charge is -2.57. The van der Waals surface area contributed by atoms with E-state index in [1.54, 1.807) is 21.3 Å². The summed E-state index contributed by atoms with van der Waals surface area (Å²) in [7, 11) is 4.73. The molecule has 0 heterocycles. The maximum absolute atomic E-state index is 12.7. The van der Waals surface area contributed by atoms with Gasteiger partial charge >= 0.3 is 5.97 Å². The monoisotopic (exact) mass is 574 g/mol. The number of ether oxygens (including phenoxy) is 4. The van der Waals surface area contributed by atoms with Gasteiger partial charge in [-0.25, -0.2) is 0 Å². The summed E-state index contributed by atoms with van der Waals surface area (Å²) in [5.41, 5.74) is 9.58. The van der Waals surface area contributed by atoms with Crippen LogP contribution in [0.3, 0.4) is 0 Å². The van der Waals surface area contributed by atoms with Gasteiger partial charge in [-0.05, 0) is 96.0 Å². The van der Waals surface area contributed by atoms with Gasteiger partial charge in [0, 0.05) is 13.3 Å². The summed E-state index contributed by atoms with van der Waals surface area (Å²) in [4.78, 5) is 24.3. The predicted octanol–water partition coefficient (Wildman–Crippen LogP) is 5.91. The molecule has 0 radical (unpaired) electrons. The second-order valence-corrected chi connectivity index (χ2v) is 12.7. The minimum absolute atomic E-state index is 0.0463. The van der Waals surface area contributed by atoms with Gasteiger partial charge in [0.25, 0.3) is 5.91 Å². The summed E-state index contributed by atoms with van der Waals surface area (Å²) in [5, 5.41) is 10.2. The number of hydrogen-bond acceptors (Lipinski definition) is 7. The summed E-state index contributed by atoms with van der Waals surface area (Å²) in [6.45, 7) is 6.10. The molecule has 224 valence electrons. The highest BCUT2D eigenvalue weighted by molar-refractivity contribution is 5.98. The maximum atomic E-state index is 12.7. The Balaban J connectivity index is 1.58. The summed E-state index contributed by atoms with van der Waals surface area (Å²) >= 11 is 0. The van der Waals surface area contributed by atoms with Crippen molar-refractivity contribution in [2.24, 2.45) is 34.3 Å². The zero-order valence-corrected chi connectivity index (χ0v) is 25.5. The number of amides is 1. The van der Waals surface area contributed by atoms with Gasteiger partial charge in [-0.15, -0.1) is 0 Å². The molecule has 8 nitrogen and oxygen atoms in total. The minimum Gasteiger partial charge on any atom is -0.493 e. The molecule has 3 fully saturated rings. The number of methoxy groups -OCH3 is 3. The van der Waals surface area contributed by atoms with Crippen LogP contribution >= 0.6 is 0 Å². The van der Waals surface area contributed by atoms with Crippen LogP contribution in [0.5, 0.6) is 17.2 Å². The Morgan fingerprint density at radius 1 is 1.00 bits per heavy atom. The molecule has 1 aromatic rings. The molecule has 5 rings (SSSR count). The van der Waals surface area contributed by atoms with Crippen molar-refractivity contribution >= 4 is 18.0 Å². The first-order valence-electron chi connectivity index (χ1n) is 14.8. The first-order valence-corrected chi connectivity index (χ1v) is 14.8. The van der Waals surface area contributed by atoms with Gasteiger partial charge in [-0.1, -0.05) is 31.6 Å². The first-order chi connectivity index (χ1) is 20.0. The Labute approximate surface area is 248 Å². The predicted molar refractivity (Wildman–Crippen MR) is 159 cm³/mol. The number of nitriles is 1. The molecule has 0 spiro atoms. The van der Waals surface area contributed by atoms with Crippen LogP contribution in [0.15, 0.2) is 40.5 Å².